The van der Waals surface area contributed by atoms with Gasteiger partial charge in [0.1, 0.15) is 5.82 Å². The molecule has 2 nitrogen and oxygen atoms in total. The fraction of sp³-hybridized carbons (Fsp3) is 0.600. The van der Waals surface area contributed by atoms with Gasteiger partial charge in [0.2, 0.25) is 0 Å². The molecular weight excluding hydrogens is 227 g/mol. The molecule has 3 heteroatoms. The summed E-state index contributed by atoms with van der Waals surface area (Å²) in [4.78, 5) is 2.09. The molecule has 18 heavy (non-hydrogen) atoms. The molecule has 0 aromatic heterocycles. The first-order valence-corrected chi connectivity index (χ1v) is 6.95. The first kappa shape index (κ1) is 15.0. The molecule has 1 aromatic carbocycles. The third-order valence-electron chi connectivity index (χ3n) is 3.36. The first-order chi connectivity index (χ1) is 8.74. The van der Waals surface area contributed by atoms with Gasteiger partial charge in [-0.2, -0.15) is 0 Å². The number of anilines is 1. The second kappa shape index (κ2) is 8.09. The van der Waals surface area contributed by atoms with Crippen molar-refractivity contribution in [3.8, 4) is 0 Å². The van der Waals surface area contributed by atoms with Gasteiger partial charge in [-0.25, -0.2) is 4.39 Å². The van der Waals surface area contributed by atoms with E-state index >= 15 is 0 Å². The number of likely N-dealkylation sites (N-methyl/N-ethyl adjacent to an activating group) is 1. The molecule has 2 N–H and O–H groups in total. The number of nitrogens with two attached hydrogens (primary N) is 1. The quantitative estimate of drug-likeness (QED) is 0.717. The highest BCUT2D eigenvalue weighted by atomic mass is 19.1. The lowest BCUT2D eigenvalue weighted by atomic mass is 10.1. The lowest BCUT2D eigenvalue weighted by Crippen LogP contribution is -2.41. The van der Waals surface area contributed by atoms with Gasteiger partial charge >= 0.3 is 0 Å². The monoisotopic (exact) mass is 252 g/mol. The Bertz CT molecular complexity index is 341. The summed E-state index contributed by atoms with van der Waals surface area (Å²) in [5.74, 6) is -0.159. The molecule has 0 aliphatic heterocycles. The number of halogens is 1. The third kappa shape index (κ3) is 3.98. The third-order valence-corrected chi connectivity index (χ3v) is 3.36. The summed E-state index contributed by atoms with van der Waals surface area (Å²) in [6.45, 7) is 5.60. The zero-order valence-electron chi connectivity index (χ0n) is 11.5. The molecule has 0 radical (unpaired) electrons. The van der Waals surface area contributed by atoms with Crippen molar-refractivity contribution in [2.75, 3.05) is 18.0 Å². The Kier molecular flexibility index (Phi) is 6.73. The molecule has 0 spiro atoms. The average molecular weight is 252 g/mol. The topological polar surface area (TPSA) is 29.3 Å². The van der Waals surface area contributed by atoms with E-state index in [9.17, 15) is 4.39 Å². The van der Waals surface area contributed by atoms with Gasteiger partial charge in [-0.15, -0.1) is 0 Å². The number of unbranched alkanes of at least 4 members (excludes halogenated alkanes) is 2. The molecule has 1 atom stereocenters. The molecule has 1 rings (SSSR count). The van der Waals surface area contributed by atoms with Crippen LogP contribution in [0.3, 0.4) is 0 Å². The zero-order valence-corrected chi connectivity index (χ0v) is 11.5. The van der Waals surface area contributed by atoms with E-state index in [1.165, 1.54) is 18.9 Å². The van der Waals surface area contributed by atoms with Gasteiger partial charge in [0.15, 0.2) is 0 Å². The molecule has 1 aromatic rings. The van der Waals surface area contributed by atoms with Crippen molar-refractivity contribution in [3.63, 3.8) is 0 Å². The van der Waals surface area contributed by atoms with Crippen LogP contribution >= 0.6 is 0 Å². The van der Waals surface area contributed by atoms with Gasteiger partial charge < -0.3 is 10.6 Å². The number of hydrogen-bond acceptors (Lipinski definition) is 2. The lowest BCUT2D eigenvalue weighted by molar-refractivity contribution is 0.517. The van der Waals surface area contributed by atoms with E-state index in [4.69, 9.17) is 5.73 Å². The number of para-hydroxylation sites is 1. The van der Waals surface area contributed by atoms with E-state index < -0.39 is 0 Å². The molecule has 1 unspecified atom stereocenters. The summed E-state index contributed by atoms with van der Waals surface area (Å²) in [6, 6.07) is 7.18. The lowest BCUT2D eigenvalue weighted by Gasteiger charge is -2.32. The Morgan fingerprint density at radius 2 is 1.94 bits per heavy atom. The van der Waals surface area contributed by atoms with Crippen molar-refractivity contribution in [1.82, 2.24) is 0 Å². The summed E-state index contributed by atoms with van der Waals surface area (Å²) in [7, 11) is 0. The Morgan fingerprint density at radius 3 is 2.50 bits per heavy atom. The SMILES string of the molecule is CCCCCC(CN)N(CC)c1ccccc1F. The van der Waals surface area contributed by atoms with Crippen molar-refractivity contribution in [2.45, 2.75) is 45.6 Å². The smallest absolute Gasteiger partial charge is 0.146 e. The van der Waals surface area contributed by atoms with Crippen molar-refractivity contribution < 1.29 is 4.39 Å². The van der Waals surface area contributed by atoms with E-state index in [0.29, 0.717) is 12.2 Å². The first-order valence-electron chi connectivity index (χ1n) is 6.95. The van der Waals surface area contributed by atoms with Crippen LogP contribution in [0.25, 0.3) is 0 Å². The van der Waals surface area contributed by atoms with Crippen LogP contribution < -0.4 is 10.6 Å². The Balaban J connectivity index is 2.76. The second-order valence-electron chi connectivity index (χ2n) is 4.62. The maximum Gasteiger partial charge on any atom is 0.146 e. The molecule has 0 heterocycles. The van der Waals surface area contributed by atoms with Crippen molar-refractivity contribution in [3.05, 3.63) is 30.1 Å². The van der Waals surface area contributed by atoms with Crippen LogP contribution in [0.1, 0.15) is 39.5 Å². The molecular formula is C15H25FN2. The van der Waals surface area contributed by atoms with E-state index in [0.717, 1.165) is 19.4 Å². The van der Waals surface area contributed by atoms with E-state index in [2.05, 4.69) is 18.7 Å². The highest BCUT2D eigenvalue weighted by Crippen LogP contribution is 2.22. The van der Waals surface area contributed by atoms with Gasteiger partial charge in [-0.05, 0) is 25.5 Å². The Morgan fingerprint density at radius 1 is 1.22 bits per heavy atom. The van der Waals surface area contributed by atoms with Crippen LogP contribution in [-0.4, -0.2) is 19.1 Å². The molecule has 102 valence electrons. The predicted octanol–water partition coefficient (Wildman–Crippen LogP) is 3.56. The predicted molar refractivity (Wildman–Crippen MR) is 76.4 cm³/mol. The van der Waals surface area contributed by atoms with E-state index in [-0.39, 0.29) is 11.9 Å². The second-order valence-corrected chi connectivity index (χ2v) is 4.62. The van der Waals surface area contributed by atoms with Gasteiger partial charge in [0.05, 0.1) is 5.69 Å². The van der Waals surface area contributed by atoms with Gasteiger partial charge in [0.25, 0.3) is 0 Å². The van der Waals surface area contributed by atoms with Crippen LogP contribution in [0, 0.1) is 5.82 Å². The minimum Gasteiger partial charge on any atom is -0.365 e. The fourth-order valence-electron chi connectivity index (χ4n) is 2.34. The normalized spacial score (nSPS) is 12.4. The van der Waals surface area contributed by atoms with Crippen molar-refractivity contribution in [1.29, 1.82) is 0 Å². The molecule has 0 bridgehead atoms. The largest absolute Gasteiger partial charge is 0.365 e. The molecule has 0 saturated carbocycles. The van der Waals surface area contributed by atoms with Crippen LogP contribution in [0.15, 0.2) is 24.3 Å². The highest BCUT2D eigenvalue weighted by molar-refractivity contribution is 5.48. The number of benzene rings is 1. The summed E-state index contributed by atoms with van der Waals surface area (Å²) in [6.07, 6.45) is 4.60. The molecule has 0 aliphatic carbocycles. The maximum atomic E-state index is 13.8. The summed E-state index contributed by atoms with van der Waals surface area (Å²) >= 11 is 0. The van der Waals surface area contributed by atoms with Crippen LogP contribution in [0.4, 0.5) is 10.1 Å². The Hall–Kier alpha value is -1.09. The minimum atomic E-state index is -0.159. The minimum absolute atomic E-state index is 0.159. The standard InChI is InChI=1S/C15H25FN2/c1-3-5-6-9-13(12-17)18(4-2)15-11-8-7-10-14(15)16/h7-8,10-11,13H,3-6,9,12,17H2,1-2H3. The maximum absolute atomic E-state index is 13.8. The van der Waals surface area contributed by atoms with Gasteiger partial charge in [0, 0.05) is 19.1 Å². The molecule has 0 amide bonds. The fourth-order valence-corrected chi connectivity index (χ4v) is 2.34. The highest BCUT2D eigenvalue weighted by Gasteiger charge is 2.18. The van der Waals surface area contributed by atoms with E-state index in [1.54, 1.807) is 6.07 Å². The Labute approximate surface area is 110 Å². The van der Waals surface area contributed by atoms with E-state index in [1.807, 2.05) is 12.1 Å². The van der Waals surface area contributed by atoms with Crippen LogP contribution in [-0.2, 0) is 0 Å². The number of nitrogens with zero attached hydrogens (tertiary/aromatic N) is 1. The average Bonchev–Trinajstić information content (AvgIpc) is 2.39. The summed E-state index contributed by atoms with van der Waals surface area (Å²) < 4.78 is 13.8. The van der Waals surface area contributed by atoms with Gasteiger partial charge in [-0.1, -0.05) is 38.3 Å². The van der Waals surface area contributed by atoms with Crippen molar-refractivity contribution in [2.24, 2.45) is 5.73 Å². The van der Waals surface area contributed by atoms with Gasteiger partial charge in [-0.3, -0.25) is 0 Å². The molecule has 0 fully saturated rings. The van der Waals surface area contributed by atoms with Crippen LogP contribution in [0.5, 0.6) is 0 Å². The molecule has 0 saturated heterocycles. The molecule has 0 aliphatic rings. The number of hydrogen-bond donors (Lipinski definition) is 1. The summed E-state index contributed by atoms with van der Waals surface area (Å²) in [5.41, 5.74) is 6.53. The number of rotatable bonds is 8. The van der Waals surface area contributed by atoms with Crippen LogP contribution in [0.2, 0.25) is 0 Å². The van der Waals surface area contributed by atoms with Crippen molar-refractivity contribution >= 4 is 5.69 Å². The zero-order chi connectivity index (χ0) is 13.4. The summed E-state index contributed by atoms with van der Waals surface area (Å²) in [5, 5.41) is 0.